The summed E-state index contributed by atoms with van der Waals surface area (Å²) in [5, 5.41) is 16.0. The standard InChI is InChI=1S/C8H3F6.C3H9BO4.Li/c9-7(10,11)5-1-2-6(4-3-5)8(12,13)14;1-3(2)7-8-4(5)6;/h1-3H;3,5-6H,1-2H3;/q-1;;+1. The Labute approximate surface area is 140 Å². The minimum atomic E-state index is -4.66. The molecule has 0 unspecified atom stereocenters. The molecule has 23 heavy (non-hydrogen) atoms. The van der Waals surface area contributed by atoms with E-state index in [1.807, 2.05) is 0 Å². The Morgan fingerprint density at radius 3 is 1.78 bits per heavy atom. The van der Waals surface area contributed by atoms with Crippen molar-refractivity contribution in [1.29, 1.82) is 0 Å². The van der Waals surface area contributed by atoms with Crippen molar-refractivity contribution in [2.45, 2.75) is 32.3 Å². The number of hydrogen-bond acceptors (Lipinski definition) is 4. The zero-order valence-corrected chi connectivity index (χ0v) is 12.4. The van der Waals surface area contributed by atoms with Crippen LogP contribution < -0.4 is 18.9 Å². The van der Waals surface area contributed by atoms with Crippen LogP contribution >= 0.6 is 0 Å². The van der Waals surface area contributed by atoms with E-state index < -0.39 is 30.8 Å². The average Bonchev–Trinajstić information content (AvgIpc) is 2.35. The molecule has 0 saturated carbocycles. The van der Waals surface area contributed by atoms with E-state index in [9.17, 15) is 26.3 Å². The SMILES string of the molecule is CC(C)OOB(O)O.FC(F)(F)c1[c-]cc(C(F)(F)F)cc1.[Li+]. The van der Waals surface area contributed by atoms with Crippen LogP contribution in [0.25, 0.3) is 0 Å². The Hall–Kier alpha value is -0.698. The first kappa shape index (κ1) is 24.6. The van der Waals surface area contributed by atoms with Crippen LogP contribution in [0.5, 0.6) is 0 Å². The Morgan fingerprint density at radius 1 is 1.04 bits per heavy atom. The molecule has 126 valence electrons. The molecular weight excluding hydrogens is 328 g/mol. The van der Waals surface area contributed by atoms with Crippen LogP contribution in [-0.2, 0) is 22.0 Å². The van der Waals surface area contributed by atoms with Gasteiger partial charge >= 0.3 is 38.5 Å². The maximum absolute atomic E-state index is 11.9. The predicted octanol–water partition coefficient (Wildman–Crippen LogP) is -0.159. The molecule has 0 amide bonds. The van der Waals surface area contributed by atoms with Gasteiger partial charge in [-0.05, 0) is 13.8 Å². The van der Waals surface area contributed by atoms with E-state index >= 15 is 0 Å². The van der Waals surface area contributed by atoms with E-state index in [0.29, 0.717) is 12.1 Å². The van der Waals surface area contributed by atoms with Crippen molar-refractivity contribution in [3.8, 4) is 0 Å². The Balaban J connectivity index is 0. The summed E-state index contributed by atoms with van der Waals surface area (Å²) in [6, 6.07) is 2.54. The molecule has 1 aromatic carbocycles. The fourth-order valence-electron chi connectivity index (χ4n) is 0.938. The smallest absolute Gasteiger partial charge is 0.400 e. The van der Waals surface area contributed by atoms with Crippen molar-refractivity contribution in [2.24, 2.45) is 0 Å². The summed E-state index contributed by atoms with van der Waals surface area (Å²) in [5.41, 5.74) is -2.36. The number of halogens is 6. The topological polar surface area (TPSA) is 58.9 Å². The van der Waals surface area contributed by atoms with Crippen LogP contribution in [0.4, 0.5) is 26.3 Å². The molecule has 0 bridgehead atoms. The largest absolute Gasteiger partial charge is 1.00 e. The average molecular weight is 340 g/mol. The summed E-state index contributed by atoms with van der Waals surface area (Å²) in [6.07, 6.45) is -9.46. The van der Waals surface area contributed by atoms with Gasteiger partial charge in [0.05, 0.1) is 6.10 Å². The third kappa shape index (κ3) is 11.5. The van der Waals surface area contributed by atoms with Crippen LogP contribution in [0.2, 0.25) is 0 Å². The van der Waals surface area contributed by atoms with Gasteiger partial charge in [0.1, 0.15) is 0 Å². The molecule has 1 rings (SSSR count). The molecule has 0 fully saturated rings. The Bertz CT molecular complexity index is 395. The first-order chi connectivity index (χ1) is 9.84. The quantitative estimate of drug-likeness (QED) is 0.264. The van der Waals surface area contributed by atoms with Gasteiger partial charge in [-0.2, -0.15) is 50.6 Å². The molecular formula is C11H12BF6LiO4. The minimum absolute atomic E-state index is 0. The summed E-state index contributed by atoms with van der Waals surface area (Å²) >= 11 is 0. The molecule has 0 aliphatic heterocycles. The van der Waals surface area contributed by atoms with E-state index in [4.69, 9.17) is 10.0 Å². The second kappa shape index (κ2) is 10.2. The summed E-state index contributed by atoms with van der Waals surface area (Å²) in [5.74, 6) is 0. The van der Waals surface area contributed by atoms with Gasteiger partial charge in [0, 0.05) is 0 Å². The van der Waals surface area contributed by atoms with Gasteiger partial charge in [0.15, 0.2) is 0 Å². The van der Waals surface area contributed by atoms with Gasteiger partial charge in [-0.3, -0.25) is 0 Å². The van der Waals surface area contributed by atoms with Crippen molar-refractivity contribution in [3.63, 3.8) is 0 Å². The Kier molecular flexibility index (Phi) is 10.9. The van der Waals surface area contributed by atoms with E-state index in [1.54, 1.807) is 13.8 Å². The van der Waals surface area contributed by atoms with E-state index in [-0.39, 0.29) is 31.0 Å². The fourth-order valence-corrected chi connectivity index (χ4v) is 0.938. The molecule has 0 aliphatic rings. The molecule has 0 saturated heterocycles. The van der Waals surface area contributed by atoms with Gasteiger partial charge in [0.25, 0.3) is 0 Å². The summed E-state index contributed by atoms with van der Waals surface area (Å²) < 4.78 is 71.5. The minimum Gasteiger partial charge on any atom is -0.400 e. The van der Waals surface area contributed by atoms with Crippen molar-refractivity contribution in [1.82, 2.24) is 0 Å². The predicted molar refractivity (Wildman–Crippen MR) is 62.8 cm³/mol. The van der Waals surface area contributed by atoms with Gasteiger partial charge in [-0.15, -0.1) is 0 Å². The number of alkyl halides is 6. The molecule has 1 aromatic rings. The van der Waals surface area contributed by atoms with Crippen molar-refractivity contribution in [2.75, 3.05) is 0 Å². The molecule has 2 N–H and O–H groups in total. The molecule has 0 spiro atoms. The van der Waals surface area contributed by atoms with E-state index in [2.05, 4.69) is 9.69 Å². The van der Waals surface area contributed by atoms with E-state index in [0.717, 1.165) is 0 Å². The maximum Gasteiger partial charge on any atom is 1.00 e. The molecule has 0 atom stereocenters. The normalized spacial score (nSPS) is 11.4. The van der Waals surface area contributed by atoms with Gasteiger partial charge in [-0.25, -0.2) is 9.69 Å². The van der Waals surface area contributed by atoms with Crippen LogP contribution in [0, 0.1) is 6.07 Å². The van der Waals surface area contributed by atoms with Gasteiger partial charge in [0.2, 0.25) is 0 Å². The van der Waals surface area contributed by atoms with Crippen molar-refractivity contribution >= 4 is 7.32 Å². The fraction of sp³-hybridized carbons (Fsp3) is 0.455. The van der Waals surface area contributed by atoms with Crippen LogP contribution in [0.15, 0.2) is 18.2 Å². The summed E-state index contributed by atoms with van der Waals surface area (Å²) in [6.45, 7) is 3.42. The van der Waals surface area contributed by atoms with E-state index in [1.165, 1.54) is 6.07 Å². The maximum atomic E-state index is 11.9. The molecule has 0 radical (unpaired) electrons. The zero-order chi connectivity index (χ0) is 17.6. The van der Waals surface area contributed by atoms with Crippen molar-refractivity contribution < 1.29 is 64.9 Å². The number of benzene rings is 1. The molecule has 0 aliphatic carbocycles. The first-order valence-electron chi connectivity index (χ1n) is 5.68. The number of hydrogen-bond donors (Lipinski definition) is 2. The van der Waals surface area contributed by atoms with Gasteiger partial charge in [-0.1, -0.05) is 11.1 Å². The third-order valence-electron chi connectivity index (χ3n) is 1.78. The number of rotatable bonds is 3. The van der Waals surface area contributed by atoms with Crippen molar-refractivity contribution in [3.05, 3.63) is 35.4 Å². The zero-order valence-electron chi connectivity index (χ0n) is 12.4. The van der Waals surface area contributed by atoms with Crippen LogP contribution in [-0.4, -0.2) is 23.5 Å². The second-order valence-corrected chi connectivity index (χ2v) is 4.05. The molecule has 12 heteroatoms. The molecule has 4 nitrogen and oxygen atoms in total. The monoisotopic (exact) mass is 340 g/mol. The molecule has 0 aromatic heterocycles. The molecule has 0 heterocycles. The van der Waals surface area contributed by atoms with Gasteiger partial charge < -0.3 is 10.0 Å². The summed E-state index contributed by atoms with van der Waals surface area (Å²) in [7, 11) is -1.84. The first-order valence-corrected chi connectivity index (χ1v) is 5.68. The summed E-state index contributed by atoms with van der Waals surface area (Å²) in [4.78, 5) is 8.22. The second-order valence-electron chi connectivity index (χ2n) is 4.05. The van der Waals surface area contributed by atoms with Crippen LogP contribution in [0.1, 0.15) is 25.0 Å². The van der Waals surface area contributed by atoms with Crippen LogP contribution in [0.3, 0.4) is 0 Å². The Morgan fingerprint density at radius 2 is 1.57 bits per heavy atom. The third-order valence-corrected chi connectivity index (χ3v) is 1.78.